The molecule has 4 nitrogen and oxygen atoms in total. The number of benzene rings is 1. The number of hydrogen-bond acceptors (Lipinski definition) is 2. The zero-order chi connectivity index (χ0) is 12.1. The monoisotopic (exact) mass is 231 g/mol. The van der Waals surface area contributed by atoms with Gasteiger partial charge in [0.2, 0.25) is 5.69 Å². The maximum absolute atomic E-state index is 7.41. The average molecular weight is 231 g/mol. The molecule has 90 valence electrons. The van der Waals surface area contributed by atoms with E-state index < -0.39 is 0 Å². The standard InChI is InChI=1S/C13H17N3O/c1-11-13(14)17-15-16(11)10-6-5-9-12-7-3-2-4-8-12/h2-4,7-8,14H,5-6,9-10H2,1H3. The van der Waals surface area contributed by atoms with Gasteiger partial charge in [-0.05, 0) is 18.4 Å². The molecule has 0 aliphatic heterocycles. The van der Waals surface area contributed by atoms with Crippen LogP contribution in [0.3, 0.4) is 0 Å². The smallest absolute Gasteiger partial charge is 0.267 e. The number of unbranched alkanes of at least 4 members (excludes halogenated alkanes) is 1. The van der Waals surface area contributed by atoms with E-state index in [1.54, 1.807) is 4.68 Å². The van der Waals surface area contributed by atoms with Gasteiger partial charge in [-0.3, -0.25) is 10.7 Å². The molecule has 1 heterocycles. The van der Waals surface area contributed by atoms with Gasteiger partial charge in [0.15, 0.2) is 0 Å². The molecule has 0 spiro atoms. The minimum atomic E-state index is 0.160. The Hall–Kier alpha value is -1.84. The molecular weight excluding hydrogens is 214 g/mol. The lowest BCUT2D eigenvalue weighted by Crippen LogP contribution is -2.41. The number of rotatable bonds is 5. The van der Waals surface area contributed by atoms with Gasteiger partial charge in [0.1, 0.15) is 6.54 Å². The molecule has 2 rings (SSSR count). The van der Waals surface area contributed by atoms with Crippen LogP contribution in [0.5, 0.6) is 0 Å². The van der Waals surface area contributed by atoms with Crippen LogP contribution in [0.2, 0.25) is 0 Å². The second kappa shape index (κ2) is 5.48. The van der Waals surface area contributed by atoms with Crippen LogP contribution in [0, 0.1) is 12.3 Å². The van der Waals surface area contributed by atoms with Gasteiger partial charge in [0, 0.05) is 13.3 Å². The number of nitrogens with zero attached hydrogens (tertiary/aromatic N) is 2. The quantitative estimate of drug-likeness (QED) is 0.623. The fraction of sp³-hybridized carbons (Fsp3) is 0.385. The van der Waals surface area contributed by atoms with Crippen molar-refractivity contribution in [2.45, 2.75) is 32.7 Å². The summed E-state index contributed by atoms with van der Waals surface area (Å²) in [6.45, 7) is 2.68. The van der Waals surface area contributed by atoms with E-state index in [1.807, 2.05) is 13.0 Å². The van der Waals surface area contributed by atoms with Crippen molar-refractivity contribution < 1.29 is 9.20 Å². The molecule has 17 heavy (non-hydrogen) atoms. The van der Waals surface area contributed by atoms with Crippen molar-refractivity contribution in [2.75, 3.05) is 0 Å². The highest BCUT2D eigenvalue weighted by Crippen LogP contribution is 2.04. The number of aryl methyl sites for hydroxylation is 2. The second-order valence-electron chi connectivity index (χ2n) is 4.15. The van der Waals surface area contributed by atoms with Crippen LogP contribution in [0.4, 0.5) is 0 Å². The van der Waals surface area contributed by atoms with E-state index in [0.717, 1.165) is 31.5 Å². The first kappa shape index (κ1) is 11.6. The Bertz CT molecular complexity index is 513. The molecule has 0 saturated carbocycles. The summed E-state index contributed by atoms with van der Waals surface area (Å²) >= 11 is 0. The largest absolute Gasteiger partial charge is 0.487 e. The summed E-state index contributed by atoms with van der Waals surface area (Å²) in [4.78, 5) is 0. The van der Waals surface area contributed by atoms with Crippen LogP contribution in [0.25, 0.3) is 0 Å². The van der Waals surface area contributed by atoms with E-state index in [2.05, 4.69) is 29.5 Å². The van der Waals surface area contributed by atoms with E-state index >= 15 is 0 Å². The first-order valence-electron chi connectivity index (χ1n) is 5.89. The number of aromatic nitrogens is 2. The van der Waals surface area contributed by atoms with Gasteiger partial charge in [0.05, 0.1) is 0 Å². The third-order valence-corrected chi connectivity index (χ3v) is 2.87. The van der Waals surface area contributed by atoms with Gasteiger partial charge >= 0.3 is 0 Å². The van der Waals surface area contributed by atoms with Crippen LogP contribution in [0.15, 0.2) is 34.9 Å². The molecule has 1 aromatic heterocycles. The van der Waals surface area contributed by atoms with E-state index in [0.29, 0.717) is 0 Å². The molecule has 4 heteroatoms. The maximum atomic E-state index is 7.41. The predicted octanol–water partition coefficient (Wildman–Crippen LogP) is 1.34. The Morgan fingerprint density at radius 3 is 2.65 bits per heavy atom. The summed E-state index contributed by atoms with van der Waals surface area (Å²) in [5, 5.41) is 11.2. The fourth-order valence-corrected chi connectivity index (χ4v) is 1.78. The van der Waals surface area contributed by atoms with Crippen LogP contribution in [-0.2, 0) is 13.0 Å². The van der Waals surface area contributed by atoms with Crippen LogP contribution in [-0.4, -0.2) is 0 Å². The van der Waals surface area contributed by atoms with Crippen LogP contribution >= 0.6 is 0 Å². The molecule has 0 fully saturated rings. The van der Waals surface area contributed by atoms with Gasteiger partial charge in [0.25, 0.3) is 5.55 Å². The first-order chi connectivity index (χ1) is 8.27. The lowest BCUT2D eigenvalue weighted by molar-refractivity contribution is -0.772. The Balaban J connectivity index is 1.77. The molecule has 0 unspecified atom stereocenters. The molecular formula is C13H17N3O. The minimum absolute atomic E-state index is 0.160. The van der Waals surface area contributed by atoms with E-state index in [9.17, 15) is 0 Å². The summed E-state index contributed by atoms with van der Waals surface area (Å²) in [5.74, 6) is 0. The fourth-order valence-electron chi connectivity index (χ4n) is 1.78. The summed E-state index contributed by atoms with van der Waals surface area (Å²) in [7, 11) is 0. The molecule has 2 aromatic rings. The SMILES string of the molecule is Cc1c(=N)o[n-][n+]1CCCCc1ccccc1. The molecule has 0 amide bonds. The van der Waals surface area contributed by atoms with E-state index in [1.165, 1.54) is 5.56 Å². The zero-order valence-corrected chi connectivity index (χ0v) is 10.0. The minimum Gasteiger partial charge on any atom is -0.487 e. The van der Waals surface area contributed by atoms with Gasteiger partial charge in [-0.1, -0.05) is 30.3 Å². The molecule has 0 aliphatic rings. The summed E-state index contributed by atoms with van der Waals surface area (Å²) in [6, 6.07) is 10.5. The number of nitrogens with one attached hydrogen (secondary N) is 1. The Kier molecular flexibility index (Phi) is 3.75. The van der Waals surface area contributed by atoms with Crippen molar-refractivity contribution in [3.05, 3.63) is 47.1 Å². The molecule has 0 saturated heterocycles. The summed E-state index contributed by atoms with van der Waals surface area (Å²) in [5.41, 5.74) is 2.33. The van der Waals surface area contributed by atoms with Crippen molar-refractivity contribution in [3.63, 3.8) is 0 Å². The summed E-state index contributed by atoms with van der Waals surface area (Å²) in [6.07, 6.45) is 3.26. The third kappa shape index (κ3) is 3.06. The number of hydrogen-bond donors (Lipinski definition) is 1. The molecule has 1 N–H and O–H groups in total. The first-order valence-corrected chi connectivity index (χ1v) is 5.89. The highest BCUT2D eigenvalue weighted by atomic mass is 16.5. The van der Waals surface area contributed by atoms with Crippen molar-refractivity contribution >= 4 is 0 Å². The van der Waals surface area contributed by atoms with Crippen molar-refractivity contribution in [1.29, 1.82) is 5.41 Å². The maximum Gasteiger partial charge on any atom is 0.267 e. The van der Waals surface area contributed by atoms with Crippen molar-refractivity contribution in [3.8, 4) is 0 Å². The average Bonchev–Trinajstić information content (AvgIpc) is 2.67. The molecule has 0 bridgehead atoms. The zero-order valence-electron chi connectivity index (χ0n) is 10.0. The van der Waals surface area contributed by atoms with E-state index in [4.69, 9.17) is 9.93 Å². The van der Waals surface area contributed by atoms with E-state index in [-0.39, 0.29) is 5.55 Å². The lowest BCUT2D eigenvalue weighted by atomic mass is 10.1. The predicted molar refractivity (Wildman–Crippen MR) is 62.2 cm³/mol. The summed E-state index contributed by atoms with van der Waals surface area (Å²) < 4.78 is 6.55. The normalized spacial score (nSPS) is 10.6. The second-order valence-corrected chi connectivity index (χ2v) is 4.15. The Morgan fingerprint density at radius 2 is 2.00 bits per heavy atom. The molecule has 0 radical (unpaired) electrons. The van der Waals surface area contributed by atoms with Crippen molar-refractivity contribution in [2.24, 2.45) is 0 Å². The highest BCUT2D eigenvalue weighted by Gasteiger charge is 2.04. The Labute approximate surface area is 100 Å². The van der Waals surface area contributed by atoms with Gasteiger partial charge < -0.3 is 4.52 Å². The van der Waals surface area contributed by atoms with Gasteiger partial charge in [-0.25, -0.2) is 4.68 Å². The van der Waals surface area contributed by atoms with Gasteiger partial charge in [-0.2, -0.15) is 0 Å². The van der Waals surface area contributed by atoms with Crippen LogP contribution in [0.1, 0.15) is 24.1 Å². The highest BCUT2D eigenvalue weighted by molar-refractivity contribution is 5.14. The Morgan fingerprint density at radius 1 is 1.24 bits per heavy atom. The molecule has 0 atom stereocenters. The van der Waals surface area contributed by atoms with Crippen molar-refractivity contribution in [1.82, 2.24) is 5.27 Å². The van der Waals surface area contributed by atoms with Gasteiger partial charge in [-0.15, -0.1) is 0 Å². The third-order valence-electron chi connectivity index (χ3n) is 2.87. The molecule has 0 aliphatic carbocycles. The molecule has 1 aromatic carbocycles. The van der Waals surface area contributed by atoms with Crippen LogP contribution < -0.4 is 15.5 Å². The topological polar surface area (TPSA) is 55.0 Å². The lowest BCUT2D eigenvalue weighted by Gasteiger charge is -2.01.